The molecule has 0 atom stereocenters. The van der Waals surface area contributed by atoms with E-state index in [2.05, 4.69) is 10.2 Å². The molecule has 0 aromatic heterocycles. The molecule has 2 aromatic rings. The van der Waals surface area contributed by atoms with Gasteiger partial charge in [0.25, 0.3) is 5.91 Å². The minimum Gasteiger partial charge on any atom is -0.322 e. The van der Waals surface area contributed by atoms with Gasteiger partial charge < -0.3 is 10.2 Å². The van der Waals surface area contributed by atoms with Crippen molar-refractivity contribution in [2.45, 2.75) is 19.6 Å². The van der Waals surface area contributed by atoms with Gasteiger partial charge >= 0.3 is 0 Å². The van der Waals surface area contributed by atoms with Gasteiger partial charge in [-0.1, -0.05) is 30.3 Å². The van der Waals surface area contributed by atoms with Crippen LogP contribution in [0.5, 0.6) is 0 Å². The SMILES string of the molecule is Cc1cccc(C)c1NC(=O)c1ccc(CS(=O)(=O)N2CCN(C)CC2)cc1. The zero-order chi connectivity index (χ0) is 20.3. The summed E-state index contributed by atoms with van der Waals surface area (Å²) in [6.45, 7) is 6.45. The Bertz CT molecular complexity index is 927. The fourth-order valence-electron chi connectivity index (χ4n) is 3.32. The maximum absolute atomic E-state index is 12.6. The number of hydrogen-bond donors (Lipinski definition) is 1. The van der Waals surface area contributed by atoms with Gasteiger partial charge in [-0.25, -0.2) is 8.42 Å². The van der Waals surface area contributed by atoms with Crippen molar-refractivity contribution in [3.63, 3.8) is 0 Å². The van der Waals surface area contributed by atoms with Crippen molar-refractivity contribution in [3.05, 3.63) is 64.7 Å². The third-order valence-corrected chi connectivity index (χ3v) is 6.99. The maximum Gasteiger partial charge on any atom is 0.255 e. The zero-order valence-electron chi connectivity index (χ0n) is 16.6. The summed E-state index contributed by atoms with van der Waals surface area (Å²) in [5.41, 5.74) is 4.01. The number of sulfonamides is 1. The number of amides is 1. The van der Waals surface area contributed by atoms with Crippen molar-refractivity contribution in [3.8, 4) is 0 Å². The predicted octanol–water partition coefficient (Wildman–Crippen LogP) is 2.63. The van der Waals surface area contributed by atoms with Gasteiger partial charge in [0.05, 0.1) is 5.75 Å². The van der Waals surface area contributed by atoms with Gasteiger partial charge in [0.15, 0.2) is 0 Å². The molecule has 3 rings (SSSR count). The number of para-hydroxylation sites is 1. The number of anilines is 1. The molecule has 7 heteroatoms. The first-order valence-electron chi connectivity index (χ1n) is 9.39. The second-order valence-electron chi connectivity index (χ2n) is 7.38. The minimum atomic E-state index is -3.35. The first kappa shape index (κ1) is 20.5. The molecule has 0 bridgehead atoms. The van der Waals surface area contributed by atoms with E-state index >= 15 is 0 Å². The third-order valence-electron chi connectivity index (χ3n) is 5.14. The van der Waals surface area contributed by atoms with Crippen LogP contribution >= 0.6 is 0 Å². The van der Waals surface area contributed by atoms with Crippen molar-refractivity contribution in [2.24, 2.45) is 0 Å². The van der Waals surface area contributed by atoms with Crippen molar-refractivity contribution in [1.82, 2.24) is 9.21 Å². The van der Waals surface area contributed by atoms with E-state index in [4.69, 9.17) is 0 Å². The van der Waals surface area contributed by atoms with E-state index in [1.54, 1.807) is 28.6 Å². The van der Waals surface area contributed by atoms with Gasteiger partial charge in [0.2, 0.25) is 10.0 Å². The largest absolute Gasteiger partial charge is 0.322 e. The number of nitrogens with zero attached hydrogens (tertiary/aromatic N) is 2. The van der Waals surface area contributed by atoms with Crippen LogP contribution in [0.25, 0.3) is 0 Å². The third kappa shape index (κ3) is 4.79. The summed E-state index contributed by atoms with van der Waals surface area (Å²) in [5.74, 6) is -0.249. The monoisotopic (exact) mass is 401 g/mol. The normalized spacial score (nSPS) is 16.1. The number of piperazine rings is 1. The zero-order valence-corrected chi connectivity index (χ0v) is 17.4. The van der Waals surface area contributed by atoms with Gasteiger partial charge in [0.1, 0.15) is 0 Å². The van der Waals surface area contributed by atoms with Crippen LogP contribution in [-0.2, 0) is 15.8 Å². The smallest absolute Gasteiger partial charge is 0.255 e. The summed E-state index contributed by atoms with van der Waals surface area (Å²) in [5, 5.41) is 2.95. The molecule has 0 saturated carbocycles. The summed E-state index contributed by atoms with van der Waals surface area (Å²) in [6.07, 6.45) is 0. The van der Waals surface area contributed by atoms with Crippen LogP contribution in [-0.4, -0.2) is 56.8 Å². The van der Waals surface area contributed by atoms with Crippen LogP contribution in [0.2, 0.25) is 0 Å². The fourth-order valence-corrected chi connectivity index (χ4v) is 4.83. The van der Waals surface area contributed by atoms with Crippen LogP contribution < -0.4 is 5.32 Å². The number of hydrogen-bond acceptors (Lipinski definition) is 4. The Morgan fingerprint density at radius 1 is 0.964 bits per heavy atom. The van der Waals surface area contributed by atoms with Crippen LogP contribution in [0.4, 0.5) is 5.69 Å². The Balaban J connectivity index is 1.67. The quantitative estimate of drug-likeness (QED) is 0.836. The van der Waals surface area contributed by atoms with Gasteiger partial charge in [-0.2, -0.15) is 4.31 Å². The summed E-state index contributed by atoms with van der Waals surface area (Å²) in [6, 6.07) is 12.6. The molecule has 6 nitrogen and oxygen atoms in total. The molecule has 0 radical (unpaired) electrons. The molecule has 1 saturated heterocycles. The number of aryl methyl sites for hydroxylation is 2. The Morgan fingerprint density at radius 2 is 1.54 bits per heavy atom. The molecule has 0 aliphatic carbocycles. The Morgan fingerprint density at radius 3 is 2.11 bits per heavy atom. The number of carbonyl (C=O) groups excluding carboxylic acids is 1. The molecule has 1 aliphatic rings. The Labute approximate surface area is 167 Å². The predicted molar refractivity (Wildman–Crippen MR) is 112 cm³/mol. The highest BCUT2D eigenvalue weighted by molar-refractivity contribution is 7.88. The Hall–Kier alpha value is -2.22. The van der Waals surface area contributed by atoms with Crippen LogP contribution in [0.3, 0.4) is 0 Å². The van der Waals surface area contributed by atoms with Crippen molar-refractivity contribution in [1.29, 1.82) is 0 Å². The van der Waals surface area contributed by atoms with E-state index in [1.807, 2.05) is 39.1 Å². The second-order valence-corrected chi connectivity index (χ2v) is 9.35. The van der Waals surface area contributed by atoms with Crippen molar-refractivity contribution in [2.75, 3.05) is 38.5 Å². The molecular weight excluding hydrogens is 374 g/mol. The molecule has 1 amide bonds. The Kier molecular flexibility index (Phi) is 6.17. The lowest BCUT2D eigenvalue weighted by molar-refractivity contribution is 0.102. The number of nitrogens with one attached hydrogen (secondary N) is 1. The van der Waals surface area contributed by atoms with Gasteiger partial charge in [0, 0.05) is 37.4 Å². The summed E-state index contributed by atoms with van der Waals surface area (Å²) < 4.78 is 26.8. The summed E-state index contributed by atoms with van der Waals surface area (Å²) >= 11 is 0. The number of likely N-dealkylation sites (N-methyl/N-ethyl adjacent to an activating group) is 1. The lowest BCUT2D eigenvalue weighted by Crippen LogP contribution is -2.47. The summed E-state index contributed by atoms with van der Waals surface area (Å²) in [4.78, 5) is 14.7. The van der Waals surface area contributed by atoms with E-state index in [0.29, 0.717) is 24.2 Å². The van der Waals surface area contributed by atoms with Gasteiger partial charge in [-0.15, -0.1) is 0 Å². The van der Waals surface area contributed by atoms with E-state index in [0.717, 1.165) is 29.9 Å². The molecule has 1 N–H and O–H groups in total. The van der Waals surface area contributed by atoms with E-state index in [9.17, 15) is 13.2 Å². The number of rotatable bonds is 5. The van der Waals surface area contributed by atoms with Crippen molar-refractivity contribution < 1.29 is 13.2 Å². The van der Waals surface area contributed by atoms with Crippen LogP contribution in [0, 0.1) is 13.8 Å². The first-order valence-corrected chi connectivity index (χ1v) is 11.0. The lowest BCUT2D eigenvalue weighted by atomic mass is 10.1. The first-order chi connectivity index (χ1) is 13.3. The van der Waals surface area contributed by atoms with Crippen LogP contribution in [0.15, 0.2) is 42.5 Å². The number of carbonyl (C=O) groups is 1. The van der Waals surface area contributed by atoms with Gasteiger partial charge in [-0.05, 0) is 49.7 Å². The van der Waals surface area contributed by atoms with Crippen molar-refractivity contribution >= 4 is 21.6 Å². The highest BCUT2D eigenvalue weighted by Gasteiger charge is 2.25. The lowest BCUT2D eigenvalue weighted by Gasteiger charge is -2.31. The highest BCUT2D eigenvalue weighted by atomic mass is 32.2. The molecule has 0 spiro atoms. The molecule has 28 heavy (non-hydrogen) atoms. The fraction of sp³-hybridized carbons (Fsp3) is 0.381. The topological polar surface area (TPSA) is 69.7 Å². The molecule has 1 heterocycles. The minimum absolute atomic E-state index is 0.0461. The van der Waals surface area contributed by atoms with E-state index in [1.165, 1.54) is 0 Å². The molecule has 1 aliphatic heterocycles. The molecule has 0 unspecified atom stereocenters. The summed E-state index contributed by atoms with van der Waals surface area (Å²) in [7, 11) is -1.35. The van der Waals surface area contributed by atoms with Gasteiger partial charge in [-0.3, -0.25) is 4.79 Å². The van der Waals surface area contributed by atoms with E-state index < -0.39 is 10.0 Å². The highest BCUT2D eigenvalue weighted by Crippen LogP contribution is 2.21. The molecule has 2 aromatic carbocycles. The molecule has 150 valence electrons. The average molecular weight is 402 g/mol. The standard InChI is InChI=1S/C21H27N3O3S/c1-16-5-4-6-17(2)20(16)22-21(25)19-9-7-18(8-10-19)15-28(26,27)24-13-11-23(3)12-14-24/h4-10H,11-15H2,1-3H3,(H,22,25). The second kappa shape index (κ2) is 8.43. The number of benzene rings is 2. The molecular formula is C21H27N3O3S. The van der Waals surface area contributed by atoms with Crippen LogP contribution in [0.1, 0.15) is 27.0 Å². The molecule has 1 fully saturated rings. The average Bonchev–Trinajstić information content (AvgIpc) is 2.65. The maximum atomic E-state index is 12.6. The van der Waals surface area contributed by atoms with E-state index in [-0.39, 0.29) is 11.7 Å².